The Morgan fingerprint density at radius 3 is 2.44 bits per heavy atom. The first-order chi connectivity index (χ1) is 16.7. The van der Waals surface area contributed by atoms with Crippen LogP contribution in [0, 0.1) is 5.82 Å². The average Bonchev–Trinajstić information content (AvgIpc) is 3.08. The van der Waals surface area contributed by atoms with Crippen molar-refractivity contribution in [2.45, 2.75) is 6.61 Å². The van der Waals surface area contributed by atoms with Crippen molar-refractivity contribution in [1.29, 1.82) is 0 Å². The van der Waals surface area contributed by atoms with Gasteiger partial charge in [-0.25, -0.2) is 14.4 Å². The summed E-state index contributed by atoms with van der Waals surface area (Å²) in [6.07, 6.45) is 3.36. The van der Waals surface area contributed by atoms with Crippen molar-refractivity contribution in [3.05, 3.63) is 114 Å². The van der Waals surface area contributed by atoms with Crippen LogP contribution >= 0.6 is 0 Å². The number of nitrogens with zero attached hydrogens (tertiary/aromatic N) is 3. The molecule has 6 nitrogen and oxygen atoms in total. The van der Waals surface area contributed by atoms with E-state index in [1.54, 1.807) is 25.6 Å². The fourth-order valence-electron chi connectivity index (χ4n) is 3.54. The van der Waals surface area contributed by atoms with Crippen LogP contribution < -0.4 is 14.8 Å². The monoisotopic (exact) mass is 452 g/mol. The van der Waals surface area contributed by atoms with Gasteiger partial charge in [-0.05, 0) is 54.1 Å². The number of nitrogens with one attached hydrogen (secondary N) is 1. The number of ether oxygens (including phenoxy) is 2. The zero-order chi connectivity index (χ0) is 23.3. The molecule has 0 fully saturated rings. The van der Waals surface area contributed by atoms with E-state index in [1.807, 2.05) is 60.7 Å². The number of pyridine rings is 1. The lowest BCUT2D eigenvalue weighted by atomic mass is 10.1. The van der Waals surface area contributed by atoms with Gasteiger partial charge in [0.05, 0.1) is 18.5 Å². The molecule has 1 aliphatic heterocycles. The van der Waals surface area contributed by atoms with Gasteiger partial charge in [0.15, 0.2) is 17.3 Å². The van der Waals surface area contributed by atoms with Gasteiger partial charge in [0.25, 0.3) is 0 Å². The number of anilines is 1. The van der Waals surface area contributed by atoms with Gasteiger partial charge in [-0.3, -0.25) is 4.98 Å². The van der Waals surface area contributed by atoms with E-state index in [1.165, 1.54) is 12.1 Å². The molecule has 4 aromatic rings. The molecule has 3 aromatic carbocycles. The smallest absolute Gasteiger partial charge is 0.162 e. The van der Waals surface area contributed by atoms with E-state index in [-0.39, 0.29) is 5.82 Å². The van der Waals surface area contributed by atoms with E-state index in [2.05, 4.69) is 15.3 Å². The molecule has 5 rings (SSSR count). The summed E-state index contributed by atoms with van der Waals surface area (Å²) in [5, 5.41) is 3.23. The molecular weight excluding hydrogens is 431 g/mol. The third-order valence-corrected chi connectivity index (χ3v) is 5.27. The van der Waals surface area contributed by atoms with E-state index in [9.17, 15) is 4.39 Å². The largest absolute Gasteiger partial charge is 0.493 e. The summed E-state index contributed by atoms with van der Waals surface area (Å²) in [6.45, 7) is 0.418. The fraction of sp³-hybridized carbons (Fsp3) is 0.0741. The van der Waals surface area contributed by atoms with E-state index < -0.39 is 0 Å². The van der Waals surface area contributed by atoms with Crippen molar-refractivity contribution < 1.29 is 13.9 Å². The Hall–Kier alpha value is -4.52. The van der Waals surface area contributed by atoms with Crippen LogP contribution in [0.2, 0.25) is 0 Å². The van der Waals surface area contributed by atoms with Crippen molar-refractivity contribution in [2.24, 2.45) is 9.98 Å². The summed E-state index contributed by atoms with van der Waals surface area (Å²) < 4.78 is 25.6. The van der Waals surface area contributed by atoms with Crippen LogP contribution in [0.5, 0.6) is 11.5 Å². The maximum atomic E-state index is 14.0. The highest BCUT2D eigenvalue weighted by atomic mass is 19.1. The molecule has 0 saturated carbocycles. The number of hydrogen-bond donors (Lipinski definition) is 1. The maximum Gasteiger partial charge on any atom is 0.162 e. The molecule has 0 aliphatic carbocycles. The second-order valence-electron chi connectivity index (χ2n) is 7.56. The Balaban J connectivity index is 1.51. The first-order valence-corrected chi connectivity index (χ1v) is 10.7. The average molecular weight is 452 g/mol. The topological polar surface area (TPSA) is 68.1 Å². The molecule has 0 radical (unpaired) electrons. The third kappa shape index (κ3) is 4.63. The van der Waals surface area contributed by atoms with Crippen molar-refractivity contribution >= 4 is 23.0 Å². The Bertz CT molecular complexity index is 1370. The number of hydrogen-bond acceptors (Lipinski definition) is 6. The molecule has 1 N–H and O–H groups in total. The number of rotatable bonds is 6. The molecule has 2 heterocycles. The number of fused-ring (bicyclic) bond motifs is 1. The quantitative estimate of drug-likeness (QED) is 0.404. The molecule has 34 heavy (non-hydrogen) atoms. The lowest BCUT2D eigenvalue weighted by molar-refractivity contribution is 0.284. The third-order valence-electron chi connectivity index (χ3n) is 5.27. The van der Waals surface area contributed by atoms with Crippen LogP contribution in [0.3, 0.4) is 0 Å². The minimum atomic E-state index is -0.365. The first-order valence-electron chi connectivity index (χ1n) is 10.7. The van der Waals surface area contributed by atoms with Crippen molar-refractivity contribution in [1.82, 2.24) is 4.98 Å². The number of halogens is 1. The molecule has 0 atom stereocenters. The highest BCUT2D eigenvalue weighted by Gasteiger charge is 2.18. The molecule has 0 saturated heterocycles. The zero-order valence-electron chi connectivity index (χ0n) is 18.4. The highest BCUT2D eigenvalue weighted by Crippen LogP contribution is 2.32. The Morgan fingerprint density at radius 2 is 1.65 bits per heavy atom. The molecule has 7 heteroatoms. The van der Waals surface area contributed by atoms with Gasteiger partial charge < -0.3 is 14.8 Å². The molecule has 0 amide bonds. The lowest BCUT2D eigenvalue weighted by Gasteiger charge is -2.14. The fourth-order valence-corrected chi connectivity index (χ4v) is 3.54. The van der Waals surface area contributed by atoms with Gasteiger partial charge >= 0.3 is 0 Å². The van der Waals surface area contributed by atoms with Crippen LogP contribution in [-0.2, 0) is 6.61 Å². The molecule has 0 bridgehead atoms. The van der Waals surface area contributed by atoms with Gasteiger partial charge in [-0.2, -0.15) is 0 Å². The Labute approximate surface area is 196 Å². The molecule has 0 unspecified atom stereocenters. The predicted octanol–water partition coefficient (Wildman–Crippen LogP) is 5.76. The van der Waals surface area contributed by atoms with Crippen molar-refractivity contribution in [2.75, 3.05) is 12.4 Å². The number of benzene rings is 3. The molecule has 0 spiro atoms. The standard InChI is InChI=1S/C27H21FN4O2/c1-33-25-15-20(7-10-24(25)34-17-18-5-3-2-4-6-18)27-31-23-16-21(28)8-9-22(23)30-26(32-27)19-11-13-29-14-12-19/h2-16H,17H2,1H3,(H,30,31,32). The minimum absolute atomic E-state index is 0.365. The van der Waals surface area contributed by atoms with Gasteiger partial charge in [0.1, 0.15) is 18.3 Å². The summed E-state index contributed by atoms with van der Waals surface area (Å²) >= 11 is 0. The van der Waals surface area contributed by atoms with Crippen LogP contribution in [0.1, 0.15) is 16.7 Å². The second kappa shape index (κ2) is 9.54. The van der Waals surface area contributed by atoms with Crippen LogP contribution in [0.4, 0.5) is 15.8 Å². The lowest BCUT2D eigenvalue weighted by Crippen LogP contribution is -2.15. The van der Waals surface area contributed by atoms with E-state index in [0.717, 1.165) is 16.7 Å². The summed E-state index contributed by atoms with van der Waals surface area (Å²) in [5.41, 5.74) is 3.69. The summed E-state index contributed by atoms with van der Waals surface area (Å²) in [7, 11) is 1.59. The molecular formula is C27H21FN4O2. The van der Waals surface area contributed by atoms with Gasteiger partial charge in [0, 0.05) is 23.5 Å². The zero-order valence-corrected chi connectivity index (χ0v) is 18.4. The minimum Gasteiger partial charge on any atom is -0.493 e. The van der Waals surface area contributed by atoms with E-state index in [4.69, 9.17) is 14.5 Å². The summed E-state index contributed by atoms with van der Waals surface area (Å²) in [6, 6.07) is 23.5. The van der Waals surface area contributed by atoms with Crippen LogP contribution in [-0.4, -0.2) is 23.8 Å². The van der Waals surface area contributed by atoms with Crippen molar-refractivity contribution in [3.63, 3.8) is 0 Å². The summed E-state index contributed by atoms with van der Waals surface area (Å²) in [4.78, 5) is 13.5. The normalized spacial score (nSPS) is 12.5. The Kier molecular flexibility index (Phi) is 5.99. The molecule has 1 aromatic heterocycles. The molecule has 1 aliphatic rings. The van der Waals surface area contributed by atoms with E-state index in [0.29, 0.717) is 41.2 Å². The Morgan fingerprint density at radius 1 is 0.824 bits per heavy atom. The van der Waals surface area contributed by atoms with Gasteiger partial charge in [-0.1, -0.05) is 30.3 Å². The summed E-state index contributed by atoms with van der Waals surface area (Å²) in [5.74, 6) is 1.80. The highest BCUT2D eigenvalue weighted by molar-refractivity contribution is 6.19. The number of methoxy groups -OCH3 is 1. The predicted molar refractivity (Wildman–Crippen MR) is 131 cm³/mol. The van der Waals surface area contributed by atoms with E-state index >= 15 is 0 Å². The van der Waals surface area contributed by atoms with Gasteiger partial charge in [0.2, 0.25) is 0 Å². The van der Waals surface area contributed by atoms with Crippen molar-refractivity contribution in [3.8, 4) is 11.5 Å². The number of aliphatic imine (C=N–C) groups is 2. The molecule has 168 valence electrons. The second-order valence-corrected chi connectivity index (χ2v) is 7.56. The van der Waals surface area contributed by atoms with Gasteiger partial charge in [-0.15, -0.1) is 0 Å². The van der Waals surface area contributed by atoms with Crippen LogP contribution in [0.15, 0.2) is 101 Å². The first kappa shape index (κ1) is 21.3. The van der Waals surface area contributed by atoms with Crippen LogP contribution in [0.25, 0.3) is 0 Å². The SMILES string of the molecule is COc1cc(C2=NC(c3ccncc3)=Nc3ccc(F)cc3N2)ccc1OCc1ccccc1. The maximum absolute atomic E-state index is 14.0. The number of aromatic nitrogens is 1. The number of amidine groups is 2.